The van der Waals surface area contributed by atoms with Crippen LogP contribution in [0.3, 0.4) is 0 Å². The second kappa shape index (κ2) is 8.13. The van der Waals surface area contributed by atoms with Crippen LogP contribution in [-0.2, 0) is 16.6 Å². The van der Waals surface area contributed by atoms with Gasteiger partial charge in [-0.1, -0.05) is 36.8 Å². The molecule has 0 saturated carbocycles. The smallest absolute Gasteiger partial charge is 0.251 e. The second-order valence-electron chi connectivity index (χ2n) is 5.54. The summed E-state index contributed by atoms with van der Waals surface area (Å²) in [4.78, 5) is 12.3. The zero-order valence-electron chi connectivity index (χ0n) is 14.5. The fraction of sp³-hybridized carbons (Fsp3) is 0.278. The van der Waals surface area contributed by atoms with Gasteiger partial charge in [0.1, 0.15) is 10.6 Å². The maximum atomic E-state index is 12.4. The SMILES string of the molecule is CCNS(=O)(=O)c1cc(C(=O)NCc2ccc(C)cc2)ccc1OC. The molecule has 0 saturated heterocycles. The molecule has 25 heavy (non-hydrogen) atoms. The van der Waals surface area contributed by atoms with Crippen molar-refractivity contribution in [2.45, 2.75) is 25.3 Å². The summed E-state index contributed by atoms with van der Waals surface area (Å²) < 4.78 is 32.1. The normalized spacial score (nSPS) is 11.2. The molecule has 6 nitrogen and oxygen atoms in total. The number of sulfonamides is 1. The molecule has 0 aliphatic carbocycles. The third kappa shape index (κ3) is 4.80. The maximum Gasteiger partial charge on any atom is 0.251 e. The van der Waals surface area contributed by atoms with E-state index in [2.05, 4.69) is 10.0 Å². The number of rotatable bonds is 7. The summed E-state index contributed by atoms with van der Waals surface area (Å²) in [5, 5.41) is 2.79. The van der Waals surface area contributed by atoms with Gasteiger partial charge in [0, 0.05) is 18.7 Å². The Morgan fingerprint density at radius 1 is 1.12 bits per heavy atom. The van der Waals surface area contributed by atoms with Crippen LogP contribution in [0.1, 0.15) is 28.4 Å². The van der Waals surface area contributed by atoms with Crippen molar-refractivity contribution in [1.29, 1.82) is 0 Å². The van der Waals surface area contributed by atoms with E-state index >= 15 is 0 Å². The Bertz CT molecular complexity index is 846. The zero-order valence-corrected chi connectivity index (χ0v) is 15.3. The quantitative estimate of drug-likeness (QED) is 0.791. The number of benzene rings is 2. The third-order valence-corrected chi connectivity index (χ3v) is 5.19. The fourth-order valence-corrected chi connectivity index (χ4v) is 3.52. The van der Waals surface area contributed by atoms with Crippen molar-refractivity contribution in [3.8, 4) is 5.75 Å². The molecule has 2 aromatic rings. The molecule has 0 bridgehead atoms. The number of ether oxygens (including phenoxy) is 1. The van der Waals surface area contributed by atoms with Gasteiger partial charge in [0.2, 0.25) is 10.0 Å². The van der Waals surface area contributed by atoms with Crippen LogP contribution in [0.25, 0.3) is 0 Å². The minimum atomic E-state index is -3.74. The highest BCUT2D eigenvalue weighted by Gasteiger charge is 2.20. The third-order valence-electron chi connectivity index (χ3n) is 3.62. The van der Waals surface area contributed by atoms with Crippen LogP contribution < -0.4 is 14.8 Å². The van der Waals surface area contributed by atoms with Gasteiger partial charge in [0.05, 0.1) is 7.11 Å². The second-order valence-corrected chi connectivity index (χ2v) is 7.27. The van der Waals surface area contributed by atoms with Crippen LogP contribution in [0.4, 0.5) is 0 Å². The number of aryl methyl sites for hydroxylation is 1. The van der Waals surface area contributed by atoms with Gasteiger partial charge in [-0.25, -0.2) is 13.1 Å². The van der Waals surface area contributed by atoms with Gasteiger partial charge in [-0.2, -0.15) is 0 Å². The number of methoxy groups -OCH3 is 1. The molecule has 1 amide bonds. The highest BCUT2D eigenvalue weighted by Crippen LogP contribution is 2.24. The van der Waals surface area contributed by atoms with E-state index in [1.165, 1.54) is 25.3 Å². The molecule has 2 N–H and O–H groups in total. The highest BCUT2D eigenvalue weighted by molar-refractivity contribution is 7.89. The molecule has 0 unspecified atom stereocenters. The molecule has 134 valence electrons. The lowest BCUT2D eigenvalue weighted by Gasteiger charge is -2.12. The van der Waals surface area contributed by atoms with Crippen LogP contribution in [0.15, 0.2) is 47.4 Å². The number of carbonyl (C=O) groups excluding carboxylic acids is 1. The van der Waals surface area contributed by atoms with Gasteiger partial charge in [-0.05, 0) is 30.7 Å². The van der Waals surface area contributed by atoms with Crippen LogP contribution in [-0.4, -0.2) is 28.0 Å². The lowest BCUT2D eigenvalue weighted by Crippen LogP contribution is -2.26. The molecule has 0 spiro atoms. The van der Waals surface area contributed by atoms with Crippen molar-refractivity contribution >= 4 is 15.9 Å². The average molecular weight is 362 g/mol. The Balaban J connectivity index is 2.21. The molecule has 0 aliphatic rings. The molecule has 0 radical (unpaired) electrons. The topological polar surface area (TPSA) is 84.5 Å². The summed E-state index contributed by atoms with van der Waals surface area (Å²) in [6, 6.07) is 12.1. The first kappa shape index (κ1) is 19.0. The number of hydrogen-bond donors (Lipinski definition) is 2. The summed E-state index contributed by atoms with van der Waals surface area (Å²) in [6.07, 6.45) is 0. The van der Waals surface area contributed by atoms with Crippen molar-refractivity contribution < 1.29 is 17.9 Å². The summed E-state index contributed by atoms with van der Waals surface area (Å²) in [6.45, 7) is 4.28. The molecule has 2 rings (SSSR count). The van der Waals surface area contributed by atoms with E-state index in [1.807, 2.05) is 31.2 Å². The largest absolute Gasteiger partial charge is 0.495 e. The molecular weight excluding hydrogens is 340 g/mol. The summed E-state index contributed by atoms with van der Waals surface area (Å²) >= 11 is 0. The first-order valence-corrected chi connectivity index (χ1v) is 9.37. The summed E-state index contributed by atoms with van der Waals surface area (Å²) in [5.41, 5.74) is 2.36. The Hall–Kier alpha value is -2.38. The van der Waals surface area contributed by atoms with Gasteiger partial charge < -0.3 is 10.1 Å². The van der Waals surface area contributed by atoms with Crippen LogP contribution in [0.5, 0.6) is 5.75 Å². The van der Waals surface area contributed by atoms with Crippen molar-refractivity contribution in [1.82, 2.24) is 10.0 Å². The molecule has 7 heteroatoms. The van der Waals surface area contributed by atoms with Gasteiger partial charge in [0.25, 0.3) is 5.91 Å². The van der Waals surface area contributed by atoms with Gasteiger partial charge >= 0.3 is 0 Å². The highest BCUT2D eigenvalue weighted by atomic mass is 32.2. The predicted octanol–water partition coefficient (Wildman–Crippen LogP) is 2.23. The van der Waals surface area contributed by atoms with Crippen molar-refractivity contribution in [2.24, 2.45) is 0 Å². The van der Waals surface area contributed by atoms with E-state index in [0.29, 0.717) is 6.54 Å². The number of hydrogen-bond acceptors (Lipinski definition) is 4. The lowest BCUT2D eigenvalue weighted by atomic mass is 10.1. The first-order valence-electron chi connectivity index (χ1n) is 7.89. The molecule has 2 aromatic carbocycles. The Morgan fingerprint density at radius 2 is 1.80 bits per heavy atom. The summed E-state index contributed by atoms with van der Waals surface area (Å²) in [7, 11) is -2.35. The number of nitrogens with one attached hydrogen (secondary N) is 2. The van der Waals surface area contributed by atoms with E-state index in [1.54, 1.807) is 6.92 Å². The fourth-order valence-electron chi connectivity index (χ4n) is 2.29. The van der Waals surface area contributed by atoms with E-state index in [-0.39, 0.29) is 28.7 Å². The lowest BCUT2D eigenvalue weighted by molar-refractivity contribution is 0.0950. The van der Waals surface area contributed by atoms with E-state index < -0.39 is 10.0 Å². The zero-order chi connectivity index (χ0) is 18.4. The molecule has 0 heterocycles. The van der Waals surface area contributed by atoms with E-state index in [9.17, 15) is 13.2 Å². The minimum absolute atomic E-state index is 0.0557. The van der Waals surface area contributed by atoms with Crippen LogP contribution >= 0.6 is 0 Å². The van der Waals surface area contributed by atoms with Crippen molar-refractivity contribution in [3.05, 3.63) is 59.2 Å². The molecule has 0 atom stereocenters. The van der Waals surface area contributed by atoms with Gasteiger partial charge in [0.15, 0.2) is 0 Å². The van der Waals surface area contributed by atoms with E-state index in [0.717, 1.165) is 11.1 Å². The molecule has 0 fully saturated rings. The number of carbonyl (C=O) groups is 1. The van der Waals surface area contributed by atoms with Gasteiger partial charge in [-0.3, -0.25) is 4.79 Å². The molecule has 0 aromatic heterocycles. The molecular formula is C18H22N2O4S. The van der Waals surface area contributed by atoms with Crippen LogP contribution in [0, 0.1) is 6.92 Å². The Morgan fingerprint density at radius 3 is 2.40 bits per heavy atom. The Labute approximate surface area is 148 Å². The first-order chi connectivity index (χ1) is 11.9. The standard InChI is InChI=1S/C18H22N2O4S/c1-4-20-25(22,23)17-11-15(9-10-16(17)24-3)18(21)19-12-14-7-5-13(2)6-8-14/h5-11,20H,4,12H2,1-3H3,(H,19,21). The Kier molecular flexibility index (Phi) is 6.17. The minimum Gasteiger partial charge on any atom is -0.495 e. The van der Waals surface area contributed by atoms with Gasteiger partial charge in [-0.15, -0.1) is 0 Å². The van der Waals surface area contributed by atoms with E-state index in [4.69, 9.17) is 4.74 Å². The summed E-state index contributed by atoms with van der Waals surface area (Å²) in [5.74, 6) is -0.160. The van der Waals surface area contributed by atoms with Crippen LogP contribution in [0.2, 0.25) is 0 Å². The van der Waals surface area contributed by atoms with Crippen molar-refractivity contribution in [3.63, 3.8) is 0 Å². The number of amides is 1. The predicted molar refractivity (Wildman–Crippen MR) is 96.2 cm³/mol. The maximum absolute atomic E-state index is 12.4. The van der Waals surface area contributed by atoms with Crippen molar-refractivity contribution in [2.75, 3.05) is 13.7 Å². The average Bonchev–Trinajstić information content (AvgIpc) is 2.60. The monoisotopic (exact) mass is 362 g/mol. The molecule has 0 aliphatic heterocycles.